The second kappa shape index (κ2) is 4.70. The number of likely N-dealkylation sites (N-methyl/N-ethyl adjacent to an activating group) is 1. The molecule has 3 rings (SSSR count). The van der Waals surface area contributed by atoms with E-state index in [9.17, 15) is 4.79 Å². The van der Waals surface area contributed by atoms with Crippen LogP contribution in [0.4, 0.5) is 0 Å². The predicted molar refractivity (Wildman–Crippen MR) is 86.2 cm³/mol. The molecule has 0 fully saturated rings. The standard InChI is InChI=1S/C16H17N3OS/c1-10-7-13(21-9-10)11-5-4-6-12(8-11)16(2)14(20)19(3)15(17)18-16/h4-9H,1-3H3,(H2,17,18). The number of benzene rings is 1. The predicted octanol–water partition coefficient (Wildman–Crippen LogP) is 2.73. The van der Waals surface area contributed by atoms with Gasteiger partial charge in [0, 0.05) is 11.9 Å². The number of hydrogen-bond acceptors (Lipinski definition) is 4. The Balaban J connectivity index is 2.07. The number of amides is 1. The molecule has 1 aliphatic rings. The third-order valence-electron chi connectivity index (χ3n) is 3.84. The number of guanidine groups is 1. The lowest BCUT2D eigenvalue weighted by molar-refractivity contribution is -0.130. The van der Waals surface area contributed by atoms with Crippen molar-refractivity contribution in [2.24, 2.45) is 10.7 Å². The molecule has 0 aliphatic carbocycles. The van der Waals surface area contributed by atoms with E-state index in [1.807, 2.05) is 31.2 Å². The minimum Gasteiger partial charge on any atom is -0.369 e. The van der Waals surface area contributed by atoms with Crippen molar-refractivity contribution in [1.29, 1.82) is 0 Å². The van der Waals surface area contributed by atoms with Crippen LogP contribution in [0, 0.1) is 6.92 Å². The van der Waals surface area contributed by atoms with Crippen molar-refractivity contribution in [1.82, 2.24) is 4.90 Å². The highest BCUT2D eigenvalue weighted by Crippen LogP contribution is 2.35. The number of thiophene rings is 1. The highest BCUT2D eigenvalue weighted by Gasteiger charge is 2.43. The van der Waals surface area contributed by atoms with E-state index in [2.05, 4.69) is 23.4 Å². The van der Waals surface area contributed by atoms with Gasteiger partial charge < -0.3 is 5.73 Å². The van der Waals surface area contributed by atoms with Gasteiger partial charge >= 0.3 is 0 Å². The number of carbonyl (C=O) groups is 1. The van der Waals surface area contributed by atoms with E-state index >= 15 is 0 Å². The largest absolute Gasteiger partial charge is 0.369 e. The number of nitrogens with two attached hydrogens (primary N) is 1. The smallest absolute Gasteiger partial charge is 0.261 e. The molecule has 2 N–H and O–H groups in total. The third kappa shape index (κ3) is 2.14. The maximum atomic E-state index is 12.4. The van der Waals surface area contributed by atoms with Gasteiger partial charge in [-0.1, -0.05) is 18.2 Å². The average molecular weight is 299 g/mol. The number of aryl methyl sites for hydroxylation is 1. The summed E-state index contributed by atoms with van der Waals surface area (Å²) in [7, 11) is 1.65. The highest BCUT2D eigenvalue weighted by molar-refractivity contribution is 7.13. The van der Waals surface area contributed by atoms with E-state index < -0.39 is 5.54 Å². The molecular formula is C16H17N3OS. The molecule has 0 spiro atoms. The molecule has 1 amide bonds. The molecule has 1 aromatic heterocycles. The average Bonchev–Trinajstić information content (AvgIpc) is 2.99. The van der Waals surface area contributed by atoms with Crippen LogP contribution in [0.1, 0.15) is 18.1 Å². The third-order valence-corrected chi connectivity index (χ3v) is 4.94. The van der Waals surface area contributed by atoms with E-state index in [4.69, 9.17) is 5.73 Å². The Morgan fingerprint density at radius 1 is 1.33 bits per heavy atom. The Morgan fingerprint density at radius 2 is 2.10 bits per heavy atom. The van der Waals surface area contributed by atoms with E-state index in [1.54, 1.807) is 18.4 Å². The van der Waals surface area contributed by atoms with Gasteiger partial charge in [-0.3, -0.25) is 9.69 Å². The minimum atomic E-state index is -0.929. The summed E-state index contributed by atoms with van der Waals surface area (Å²) in [5.41, 5.74) is 8.07. The SMILES string of the molecule is Cc1csc(-c2cccc(C3(C)N=C(N)N(C)C3=O)c2)c1. The van der Waals surface area contributed by atoms with Gasteiger partial charge in [-0.05, 0) is 48.1 Å². The van der Waals surface area contributed by atoms with Crippen LogP contribution in [0.2, 0.25) is 0 Å². The van der Waals surface area contributed by atoms with Gasteiger partial charge in [0.1, 0.15) is 0 Å². The van der Waals surface area contributed by atoms with Gasteiger partial charge in [0.2, 0.25) is 0 Å². The first-order chi connectivity index (χ1) is 9.91. The Hall–Kier alpha value is -2.14. The zero-order valence-electron chi connectivity index (χ0n) is 12.3. The van der Waals surface area contributed by atoms with Crippen molar-refractivity contribution >= 4 is 23.2 Å². The van der Waals surface area contributed by atoms with Crippen LogP contribution in [-0.2, 0) is 10.3 Å². The molecule has 1 atom stereocenters. The molecule has 4 nitrogen and oxygen atoms in total. The Bertz CT molecular complexity index is 749. The topological polar surface area (TPSA) is 58.7 Å². The zero-order chi connectivity index (χ0) is 15.2. The summed E-state index contributed by atoms with van der Waals surface area (Å²) in [4.78, 5) is 19.4. The quantitative estimate of drug-likeness (QED) is 0.927. The lowest BCUT2D eigenvalue weighted by Gasteiger charge is -2.20. The van der Waals surface area contributed by atoms with Crippen LogP contribution in [-0.4, -0.2) is 23.8 Å². The fraction of sp³-hybridized carbons (Fsp3) is 0.250. The lowest BCUT2D eigenvalue weighted by atomic mass is 9.91. The Kier molecular flexibility index (Phi) is 3.10. The molecule has 108 valence electrons. The molecule has 5 heteroatoms. The van der Waals surface area contributed by atoms with Crippen LogP contribution in [0.3, 0.4) is 0 Å². The first-order valence-corrected chi connectivity index (χ1v) is 7.59. The van der Waals surface area contributed by atoms with Crippen molar-refractivity contribution in [3.05, 3.63) is 46.8 Å². The monoisotopic (exact) mass is 299 g/mol. The molecule has 0 radical (unpaired) electrons. The van der Waals surface area contributed by atoms with E-state index in [0.717, 1.165) is 11.1 Å². The number of rotatable bonds is 2. The summed E-state index contributed by atoms with van der Waals surface area (Å²) < 4.78 is 0. The maximum Gasteiger partial charge on any atom is 0.261 e. The summed E-state index contributed by atoms with van der Waals surface area (Å²) in [5.74, 6) is 0.166. The van der Waals surface area contributed by atoms with E-state index in [-0.39, 0.29) is 11.9 Å². The summed E-state index contributed by atoms with van der Waals surface area (Å²) >= 11 is 1.70. The van der Waals surface area contributed by atoms with Gasteiger partial charge in [0.05, 0.1) is 0 Å². The molecule has 1 unspecified atom stereocenters. The normalized spacial score (nSPS) is 21.8. The summed E-state index contributed by atoms with van der Waals surface area (Å²) in [6.45, 7) is 3.89. The molecular weight excluding hydrogens is 282 g/mol. The summed E-state index contributed by atoms with van der Waals surface area (Å²) in [5, 5.41) is 2.12. The number of aliphatic imine (C=N–C) groups is 1. The van der Waals surface area contributed by atoms with Crippen molar-refractivity contribution in [3.8, 4) is 10.4 Å². The molecule has 2 heterocycles. The maximum absolute atomic E-state index is 12.4. The van der Waals surface area contributed by atoms with Crippen molar-refractivity contribution < 1.29 is 4.79 Å². The number of hydrogen-bond donors (Lipinski definition) is 1. The lowest BCUT2D eigenvalue weighted by Crippen LogP contribution is -2.38. The molecule has 2 aromatic rings. The van der Waals surface area contributed by atoms with Gasteiger partial charge in [-0.15, -0.1) is 11.3 Å². The summed E-state index contributed by atoms with van der Waals surface area (Å²) in [6, 6.07) is 10.1. The Morgan fingerprint density at radius 3 is 2.67 bits per heavy atom. The van der Waals surface area contributed by atoms with Crippen LogP contribution < -0.4 is 5.73 Å². The fourth-order valence-electron chi connectivity index (χ4n) is 2.53. The van der Waals surface area contributed by atoms with Gasteiger partial charge in [0.25, 0.3) is 5.91 Å². The number of nitrogens with zero attached hydrogens (tertiary/aromatic N) is 2. The van der Waals surface area contributed by atoms with Crippen LogP contribution >= 0.6 is 11.3 Å². The van der Waals surface area contributed by atoms with Crippen LogP contribution in [0.15, 0.2) is 40.7 Å². The first kappa shape index (κ1) is 13.8. The fourth-order valence-corrected chi connectivity index (χ4v) is 3.43. The molecule has 1 aromatic carbocycles. The van der Waals surface area contributed by atoms with Crippen molar-refractivity contribution in [2.45, 2.75) is 19.4 Å². The van der Waals surface area contributed by atoms with Gasteiger partial charge in [0.15, 0.2) is 11.5 Å². The second-order valence-corrected chi connectivity index (χ2v) is 6.39. The minimum absolute atomic E-state index is 0.0977. The molecule has 0 saturated carbocycles. The van der Waals surface area contributed by atoms with Gasteiger partial charge in [-0.2, -0.15) is 0 Å². The van der Waals surface area contributed by atoms with Crippen LogP contribution in [0.5, 0.6) is 0 Å². The highest BCUT2D eigenvalue weighted by atomic mass is 32.1. The van der Waals surface area contributed by atoms with Gasteiger partial charge in [-0.25, -0.2) is 4.99 Å². The molecule has 1 aliphatic heterocycles. The second-order valence-electron chi connectivity index (χ2n) is 5.48. The first-order valence-electron chi connectivity index (χ1n) is 6.71. The zero-order valence-corrected chi connectivity index (χ0v) is 13.1. The molecule has 21 heavy (non-hydrogen) atoms. The van der Waals surface area contributed by atoms with Crippen molar-refractivity contribution in [2.75, 3.05) is 7.05 Å². The van der Waals surface area contributed by atoms with E-state index in [1.165, 1.54) is 15.3 Å². The number of carbonyl (C=O) groups excluding carboxylic acids is 1. The van der Waals surface area contributed by atoms with Crippen LogP contribution in [0.25, 0.3) is 10.4 Å². The van der Waals surface area contributed by atoms with E-state index in [0.29, 0.717) is 0 Å². The Labute approximate surface area is 127 Å². The molecule has 0 saturated heterocycles. The van der Waals surface area contributed by atoms with Crippen molar-refractivity contribution in [3.63, 3.8) is 0 Å². The molecule has 0 bridgehead atoms. The summed E-state index contributed by atoms with van der Waals surface area (Å²) in [6.07, 6.45) is 0.